The zero-order chi connectivity index (χ0) is 20.0. The van der Waals surface area contributed by atoms with E-state index in [1.165, 1.54) is 0 Å². The SMILES string of the molecule is Cc1cccc(C(=O)NNCc2ccc(Cl)nc2)c1NC(=O)CC(C)(C)C. The number of hydrogen-bond donors (Lipinski definition) is 3. The molecule has 0 saturated carbocycles. The number of hydrogen-bond acceptors (Lipinski definition) is 4. The van der Waals surface area contributed by atoms with Crippen molar-refractivity contribution in [3.05, 3.63) is 58.4 Å². The van der Waals surface area contributed by atoms with Crippen LogP contribution in [0.2, 0.25) is 5.15 Å². The van der Waals surface area contributed by atoms with E-state index < -0.39 is 0 Å². The molecule has 0 unspecified atom stereocenters. The summed E-state index contributed by atoms with van der Waals surface area (Å²) < 4.78 is 0. The zero-order valence-electron chi connectivity index (χ0n) is 16.0. The van der Waals surface area contributed by atoms with E-state index in [0.29, 0.717) is 29.4 Å². The molecule has 3 N–H and O–H groups in total. The summed E-state index contributed by atoms with van der Waals surface area (Å²) in [6.45, 7) is 8.23. The van der Waals surface area contributed by atoms with Gasteiger partial charge in [0.05, 0.1) is 11.3 Å². The van der Waals surface area contributed by atoms with E-state index in [0.717, 1.165) is 11.1 Å². The lowest BCUT2D eigenvalue weighted by Crippen LogP contribution is -2.37. The molecule has 1 aromatic heterocycles. The number of benzene rings is 1. The Balaban J connectivity index is 2.03. The first-order chi connectivity index (χ1) is 12.7. The van der Waals surface area contributed by atoms with Gasteiger partial charge in [0.25, 0.3) is 5.91 Å². The number of hydrazine groups is 1. The highest BCUT2D eigenvalue weighted by Gasteiger charge is 2.19. The molecule has 0 radical (unpaired) electrons. The molecule has 0 spiro atoms. The lowest BCUT2D eigenvalue weighted by Gasteiger charge is -2.19. The molecule has 0 aliphatic rings. The Morgan fingerprint density at radius 3 is 2.52 bits per heavy atom. The third-order valence-electron chi connectivity index (χ3n) is 3.76. The first-order valence-corrected chi connectivity index (χ1v) is 9.06. The molecule has 0 bridgehead atoms. The molecule has 0 atom stereocenters. The lowest BCUT2D eigenvalue weighted by atomic mass is 9.92. The maximum Gasteiger partial charge on any atom is 0.267 e. The summed E-state index contributed by atoms with van der Waals surface area (Å²) in [7, 11) is 0. The van der Waals surface area contributed by atoms with Gasteiger partial charge >= 0.3 is 0 Å². The Morgan fingerprint density at radius 2 is 1.89 bits per heavy atom. The second-order valence-electron chi connectivity index (χ2n) is 7.58. The third kappa shape index (κ3) is 6.66. The average Bonchev–Trinajstić information content (AvgIpc) is 2.56. The molecule has 0 aliphatic carbocycles. The number of halogens is 1. The Hall–Kier alpha value is -2.44. The van der Waals surface area contributed by atoms with E-state index in [4.69, 9.17) is 11.6 Å². The van der Waals surface area contributed by atoms with Gasteiger partial charge in [-0.2, -0.15) is 0 Å². The molecular weight excluding hydrogens is 364 g/mol. The van der Waals surface area contributed by atoms with Crippen molar-refractivity contribution in [3.8, 4) is 0 Å². The number of nitrogens with one attached hydrogen (secondary N) is 3. The van der Waals surface area contributed by atoms with Crippen molar-refractivity contribution in [3.63, 3.8) is 0 Å². The van der Waals surface area contributed by atoms with Crippen molar-refractivity contribution >= 4 is 29.1 Å². The average molecular weight is 389 g/mol. The number of para-hydroxylation sites is 1. The number of anilines is 1. The van der Waals surface area contributed by atoms with Gasteiger partial charge in [-0.3, -0.25) is 15.0 Å². The van der Waals surface area contributed by atoms with Crippen LogP contribution < -0.4 is 16.2 Å². The fourth-order valence-corrected chi connectivity index (χ4v) is 2.60. The van der Waals surface area contributed by atoms with Gasteiger partial charge in [-0.25, -0.2) is 10.4 Å². The van der Waals surface area contributed by atoms with Crippen molar-refractivity contribution in [2.45, 2.75) is 40.7 Å². The molecular formula is C20H25ClN4O2. The molecule has 0 fully saturated rings. The van der Waals surface area contributed by atoms with Crippen molar-refractivity contribution in [1.82, 2.24) is 15.8 Å². The van der Waals surface area contributed by atoms with E-state index in [9.17, 15) is 9.59 Å². The summed E-state index contributed by atoms with van der Waals surface area (Å²) in [6.07, 6.45) is 2.00. The topological polar surface area (TPSA) is 83.1 Å². The van der Waals surface area contributed by atoms with Gasteiger partial charge in [-0.1, -0.05) is 50.6 Å². The fourth-order valence-electron chi connectivity index (χ4n) is 2.49. The number of carbonyl (C=O) groups is 2. The van der Waals surface area contributed by atoms with E-state index in [-0.39, 0.29) is 17.2 Å². The van der Waals surface area contributed by atoms with Gasteiger partial charge < -0.3 is 5.32 Å². The standard InChI is InChI=1S/C20H25ClN4O2/c1-13-6-5-7-15(18(13)24-17(26)10-20(2,3)4)19(27)25-23-12-14-8-9-16(21)22-11-14/h5-9,11,23H,10,12H2,1-4H3,(H,24,26)(H,25,27). The molecule has 0 aliphatic heterocycles. The second kappa shape index (κ2) is 8.97. The summed E-state index contributed by atoms with van der Waals surface area (Å²) in [5.74, 6) is -0.447. The summed E-state index contributed by atoms with van der Waals surface area (Å²) >= 11 is 5.75. The highest BCUT2D eigenvalue weighted by Crippen LogP contribution is 2.24. The van der Waals surface area contributed by atoms with Gasteiger partial charge in [0.2, 0.25) is 5.91 Å². The second-order valence-corrected chi connectivity index (χ2v) is 7.97. The highest BCUT2D eigenvalue weighted by molar-refractivity contribution is 6.29. The molecule has 6 nitrogen and oxygen atoms in total. The Labute approximate surface area is 164 Å². The Morgan fingerprint density at radius 1 is 1.15 bits per heavy atom. The van der Waals surface area contributed by atoms with Gasteiger partial charge in [-0.05, 0) is 35.6 Å². The molecule has 2 aromatic rings. The number of aryl methyl sites for hydroxylation is 1. The van der Waals surface area contributed by atoms with Crippen LogP contribution in [-0.4, -0.2) is 16.8 Å². The number of amides is 2. The Kier molecular flexibility index (Phi) is 6.93. The summed E-state index contributed by atoms with van der Waals surface area (Å²) in [4.78, 5) is 28.9. The van der Waals surface area contributed by atoms with Crippen molar-refractivity contribution in [1.29, 1.82) is 0 Å². The smallest absolute Gasteiger partial charge is 0.267 e. The molecule has 2 amide bonds. The van der Waals surface area contributed by atoms with E-state index >= 15 is 0 Å². The zero-order valence-corrected chi connectivity index (χ0v) is 16.8. The normalized spacial score (nSPS) is 11.1. The molecule has 1 aromatic carbocycles. The first-order valence-electron chi connectivity index (χ1n) is 8.69. The minimum Gasteiger partial charge on any atom is -0.325 e. The van der Waals surface area contributed by atoms with Crippen LogP contribution in [-0.2, 0) is 11.3 Å². The quantitative estimate of drug-likeness (QED) is 0.518. The van der Waals surface area contributed by atoms with Crippen LogP contribution in [0.5, 0.6) is 0 Å². The lowest BCUT2D eigenvalue weighted by molar-refractivity contribution is -0.117. The highest BCUT2D eigenvalue weighted by atomic mass is 35.5. The van der Waals surface area contributed by atoms with Crippen LogP contribution in [0, 0.1) is 12.3 Å². The molecule has 27 heavy (non-hydrogen) atoms. The Bertz CT molecular complexity index is 814. The maximum absolute atomic E-state index is 12.6. The van der Waals surface area contributed by atoms with Crippen molar-refractivity contribution in [2.75, 3.05) is 5.32 Å². The predicted molar refractivity (Wildman–Crippen MR) is 107 cm³/mol. The molecule has 7 heteroatoms. The van der Waals surface area contributed by atoms with Crippen molar-refractivity contribution < 1.29 is 9.59 Å². The molecule has 0 saturated heterocycles. The van der Waals surface area contributed by atoms with Gasteiger partial charge in [0.15, 0.2) is 0 Å². The number of carbonyl (C=O) groups excluding carboxylic acids is 2. The van der Waals surface area contributed by atoms with Gasteiger partial charge in [-0.15, -0.1) is 0 Å². The number of nitrogens with zero attached hydrogens (tertiary/aromatic N) is 1. The van der Waals surface area contributed by atoms with Crippen LogP contribution in [0.15, 0.2) is 36.5 Å². The minimum atomic E-state index is -0.327. The fraction of sp³-hybridized carbons (Fsp3) is 0.350. The van der Waals surface area contributed by atoms with E-state index in [2.05, 4.69) is 21.2 Å². The van der Waals surface area contributed by atoms with Crippen LogP contribution in [0.25, 0.3) is 0 Å². The third-order valence-corrected chi connectivity index (χ3v) is 3.98. The van der Waals surface area contributed by atoms with E-state index in [1.54, 1.807) is 24.4 Å². The number of aromatic nitrogens is 1. The molecule has 1 heterocycles. The largest absolute Gasteiger partial charge is 0.325 e. The summed E-state index contributed by atoms with van der Waals surface area (Å²) in [5, 5.41) is 3.29. The van der Waals surface area contributed by atoms with Crippen molar-refractivity contribution in [2.24, 2.45) is 5.41 Å². The minimum absolute atomic E-state index is 0.119. The molecule has 144 valence electrons. The van der Waals surface area contributed by atoms with E-state index in [1.807, 2.05) is 39.8 Å². The van der Waals surface area contributed by atoms with Gasteiger partial charge in [0, 0.05) is 19.2 Å². The summed E-state index contributed by atoms with van der Waals surface area (Å²) in [5.41, 5.74) is 8.01. The monoisotopic (exact) mass is 388 g/mol. The van der Waals surface area contributed by atoms with Crippen LogP contribution in [0.4, 0.5) is 5.69 Å². The number of rotatable bonds is 6. The van der Waals surface area contributed by atoms with Crippen LogP contribution in [0.1, 0.15) is 48.7 Å². The first kappa shape index (κ1) is 20.9. The predicted octanol–water partition coefficient (Wildman–Crippen LogP) is 3.85. The molecule has 2 rings (SSSR count). The maximum atomic E-state index is 12.6. The van der Waals surface area contributed by atoms with Crippen LogP contribution >= 0.6 is 11.6 Å². The summed E-state index contributed by atoms with van der Waals surface area (Å²) in [6, 6.07) is 8.83. The van der Waals surface area contributed by atoms with Gasteiger partial charge in [0.1, 0.15) is 5.15 Å². The van der Waals surface area contributed by atoms with Crippen LogP contribution in [0.3, 0.4) is 0 Å². The number of pyridine rings is 1.